The first kappa shape index (κ1) is 11.9. The van der Waals surface area contributed by atoms with E-state index in [1.165, 1.54) is 13.8 Å². The molecular weight excluding hydrogens is 220 g/mol. The van der Waals surface area contributed by atoms with Crippen molar-refractivity contribution in [2.75, 3.05) is 0 Å². The molecule has 4 heteroatoms. The van der Waals surface area contributed by atoms with Gasteiger partial charge in [-0.2, -0.15) is 0 Å². The molecule has 0 aliphatic heterocycles. The molecule has 92 valence electrons. The topological polar surface area (TPSA) is 52.6 Å². The van der Waals surface area contributed by atoms with Gasteiger partial charge in [0.25, 0.3) is 0 Å². The standard InChI is InChI=1S/C13H16O4/c1-9(14)16-11-5-3-7-13(11)8-4-6-12(13)17-10(2)15/h3-6,11-12H,7-8H2,1-2H3/t11-,12+,13?. The minimum atomic E-state index is -0.322. The fourth-order valence-corrected chi connectivity index (χ4v) is 2.59. The Morgan fingerprint density at radius 1 is 1.00 bits per heavy atom. The zero-order valence-electron chi connectivity index (χ0n) is 10.0. The molecule has 1 unspecified atom stereocenters. The zero-order chi connectivity index (χ0) is 12.5. The summed E-state index contributed by atoms with van der Waals surface area (Å²) >= 11 is 0. The fraction of sp³-hybridized carbons (Fsp3) is 0.538. The van der Waals surface area contributed by atoms with Crippen LogP contribution in [-0.4, -0.2) is 24.1 Å². The Morgan fingerprint density at radius 3 is 1.76 bits per heavy atom. The van der Waals surface area contributed by atoms with Crippen molar-refractivity contribution in [2.45, 2.75) is 38.9 Å². The summed E-state index contributed by atoms with van der Waals surface area (Å²) in [5, 5.41) is 0. The van der Waals surface area contributed by atoms with Gasteiger partial charge in [-0.1, -0.05) is 12.2 Å². The molecule has 2 aliphatic carbocycles. The highest BCUT2D eigenvalue weighted by molar-refractivity contribution is 5.67. The normalized spacial score (nSPS) is 34.2. The van der Waals surface area contributed by atoms with Gasteiger partial charge in [-0.25, -0.2) is 0 Å². The Kier molecular flexibility index (Phi) is 3.05. The van der Waals surface area contributed by atoms with Crippen LogP contribution in [0.15, 0.2) is 24.3 Å². The predicted octanol–water partition coefficient (Wildman–Crippen LogP) is 1.76. The number of hydrogen-bond acceptors (Lipinski definition) is 4. The molecule has 17 heavy (non-hydrogen) atoms. The summed E-state index contributed by atoms with van der Waals surface area (Å²) in [5.74, 6) is -0.621. The molecule has 0 amide bonds. The lowest BCUT2D eigenvalue weighted by molar-refractivity contribution is -0.160. The smallest absolute Gasteiger partial charge is 0.303 e. The van der Waals surface area contributed by atoms with E-state index in [0.717, 1.165) is 12.8 Å². The summed E-state index contributed by atoms with van der Waals surface area (Å²) in [6.45, 7) is 2.78. The third-order valence-corrected chi connectivity index (χ3v) is 3.34. The van der Waals surface area contributed by atoms with Crippen molar-refractivity contribution in [2.24, 2.45) is 5.41 Å². The van der Waals surface area contributed by atoms with Crippen molar-refractivity contribution in [1.82, 2.24) is 0 Å². The number of carbonyl (C=O) groups excluding carboxylic acids is 2. The number of esters is 2. The highest BCUT2D eigenvalue weighted by atomic mass is 16.6. The van der Waals surface area contributed by atoms with E-state index in [-0.39, 0.29) is 29.6 Å². The Labute approximate surface area is 100 Å². The summed E-state index contributed by atoms with van der Waals surface area (Å²) in [6, 6.07) is 0. The summed E-state index contributed by atoms with van der Waals surface area (Å²) in [7, 11) is 0. The quantitative estimate of drug-likeness (QED) is 0.541. The Bertz CT molecular complexity index is 356. The average molecular weight is 236 g/mol. The first-order chi connectivity index (χ1) is 8.04. The van der Waals surface area contributed by atoms with Crippen LogP contribution in [-0.2, 0) is 19.1 Å². The summed E-state index contributed by atoms with van der Waals surface area (Å²) < 4.78 is 10.6. The van der Waals surface area contributed by atoms with Crippen LogP contribution >= 0.6 is 0 Å². The van der Waals surface area contributed by atoms with Crippen LogP contribution in [0.1, 0.15) is 26.7 Å². The molecule has 0 bridgehead atoms. The van der Waals surface area contributed by atoms with Crippen LogP contribution in [0.4, 0.5) is 0 Å². The van der Waals surface area contributed by atoms with Crippen LogP contribution in [0.3, 0.4) is 0 Å². The third kappa shape index (κ3) is 2.12. The lowest BCUT2D eigenvalue weighted by Gasteiger charge is -2.35. The second kappa shape index (κ2) is 4.35. The van der Waals surface area contributed by atoms with Crippen LogP contribution in [0.5, 0.6) is 0 Å². The summed E-state index contributed by atoms with van der Waals surface area (Å²) in [4.78, 5) is 22.2. The molecule has 2 aliphatic rings. The number of ether oxygens (including phenoxy) is 2. The summed E-state index contributed by atoms with van der Waals surface area (Å²) in [6.07, 6.45) is 8.63. The van der Waals surface area contributed by atoms with Gasteiger partial charge in [0.2, 0.25) is 0 Å². The molecule has 2 rings (SSSR count). The third-order valence-electron chi connectivity index (χ3n) is 3.34. The minimum Gasteiger partial charge on any atom is -0.458 e. The van der Waals surface area contributed by atoms with E-state index in [4.69, 9.17) is 9.47 Å². The molecule has 0 fully saturated rings. The molecule has 0 saturated carbocycles. The van der Waals surface area contributed by atoms with Crippen LogP contribution in [0.2, 0.25) is 0 Å². The maximum atomic E-state index is 11.1. The van der Waals surface area contributed by atoms with E-state index in [1.54, 1.807) is 0 Å². The molecule has 0 radical (unpaired) electrons. The van der Waals surface area contributed by atoms with Gasteiger partial charge in [-0.05, 0) is 25.0 Å². The molecule has 0 aromatic heterocycles. The number of allylic oxidation sites excluding steroid dienone is 2. The molecule has 0 heterocycles. The molecule has 0 N–H and O–H groups in total. The van der Waals surface area contributed by atoms with Crippen molar-refractivity contribution >= 4 is 11.9 Å². The fourth-order valence-electron chi connectivity index (χ4n) is 2.59. The van der Waals surface area contributed by atoms with Gasteiger partial charge >= 0.3 is 11.9 Å². The van der Waals surface area contributed by atoms with Crippen LogP contribution in [0.25, 0.3) is 0 Å². The van der Waals surface area contributed by atoms with Crippen molar-refractivity contribution in [3.8, 4) is 0 Å². The van der Waals surface area contributed by atoms with E-state index in [0.29, 0.717) is 0 Å². The summed E-state index contributed by atoms with van der Waals surface area (Å²) in [5.41, 5.74) is -0.322. The van der Waals surface area contributed by atoms with E-state index in [9.17, 15) is 9.59 Å². The molecular formula is C13H16O4. The first-order valence-corrected chi connectivity index (χ1v) is 5.72. The minimum absolute atomic E-state index is 0.306. The maximum absolute atomic E-state index is 11.1. The van der Waals surface area contributed by atoms with E-state index < -0.39 is 0 Å². The van der Waals surface area contributed by atoms with Crippen molar-refractivity contribution in [1.29, 1.82) is 0 Å². The van der Waals surface area contributed by atoms with Crippen molar-refractivity contribution < 1.29 is 19.1 Å². The highest BCUT2D eigenvalue weighted by Crippen LogP contribution is 2.47. The van der Waals surface area contributed by atoms with Gasteiger partial charge in [-0.15, -0.1) is 0 Å². The van der Waals surface area contributed by atoms with Gasteiger partial charge in [0.1, 0.15) is 12.2 Å². The lowest BCUT2D eigenvalue weighted by Crippen LogP contribution is -2.42. The lowest BCUT2D eigenvalue weighted by atomic mass is 9.78. The maximum Gasteiger partial charge on any atom is 0.303 e. The molecule has 0 aromatic carbocycles. The number of hydrogen-bond donors (Lipinski definition) is 0. The van der Waals surface area contributed by atoms with Gasteiger partial charge in [-0.3, -0.25) is 9.59 Å². The van der Waals surface area contributed by atoms with Gasteiger partial charge in [0.05, 0.1) is 5.41 Å². The van der Waals surface area contributed by atoms with Crippen LogP contribution in [0, 0.1) is 5.41 Å². The second-order valence-electron chi connectivity index (χ2n) is 4.56. The SMILES string of the molecule is CC(=O)O[C@H]1C=CCC12CC=C[C@H]2OC(C)=O. The van der Waals surface area contributed by atoms with Gasteiger partial charge < -0.3 is 9.47 Å². The number of rotatable bonds is 2. The molecule has 1 spiro atoms. The van der Waals surface area contributed by atoms with E-state index in [2.05, 4.69) is 0 Å². The Balaban J connectivity index is 2.17. The van der Waals surface area contributed by atoms with Crippen molar-refractivity contribution in [3.05, 3.63) is 24.3 Å². The van der Waals surface area contributed by atoms with Crippen molar-refractivity contribution in [3.63, 3.8) is 0 Å². The van der Waals surface area contributed by atoms with E-state index in [1.807, 2.05) is 24.3 Å². The number of carbonyl (C=O) groups is 2. The highest BCUT2D eigenvalue weighted by Gasteiger charge is 2.50. The predicted molar refractivity (Wildman–Crippen MR) is 61.1 cm³/mol. The second-order valence-corrected chi connectivity index (χ2v) is 4.56. The largest absolute Gasteiger partial charge is 0.458 e. The Morgan fingerprint density at radius 2 is 1.41 bits per heavy atom. The monoisotopic (exact) mass is 236 g/mol. The zero-order valence-corrected chi connectivity index (χ0v) is 10.0. The van der Waals surface area contributed by atoms with Gasteiger partial charge in [0.15, 0.2) is 0 Å². The molecule has 4 nitrogen and oxygen atoms in total. The Hall–Kier alpha value is -1.58. The van der Waals surface area contributed by atoms with Gasteiger partial charge in [0, 0.05) is 13.8 Å². The molecule has 0 aromatic rings. The molecule has 0 saturated heterocycles. The average Bonchev–Trinajstić information content (AvgIpc) is 2.76. The van der Waals surface area contributed by atoms with E-state index >= 15 is 0 Å². The van der Waals surface area contributed by atoms with Crippen LogP contribution < -0.4 is 0 Å². The molecule has 3 atom stereocenters. The first-order valence-electron chi connectivity index (χ1n) is 5.72.